The highest BCUT2D eigenvalue weighted by molar-refractivity contribution is 6.09. The van der Waals surface area contributed by atoms with Crippen LogP contribution in [0.25, 0.3) is 11.1 Å². The number of oxazole rings is 1. The fourth-order valence-electron chi connectivity index (χ4n) is 5.31. The normalized spacial score (nSPS) is 16.4. The van der Waals surface area contributed by atoms with Crippen molar-refractivity contribution < 1.29 is 18.7 Å². The van der Waals surface area contributed by atoms with Crippen LogP contribution in [0.15, 0.2) is 45.7 Å². The number of carbonyl (C=O) groups is 2. The number of ketones is 1. The number of nitrogens with zero attached hydrogens (tertiary/aromatic N) is 5. The molecule has 1 saturated heterocycles. The van der Waals surface area contributed by atoms with Crippen LogP contribution in [0.4, 0.5) is 16.4 Å². The van der Waals surface area contributed by atoms with E-state index in [9.17, 15) is 14.4 Å². The van der Waals surface area contributed by atoms with Gasteiger partial charge in [-0.25, -0.2) is 24.5 Å². The van der Waals surface area contributed by atoms with Gasteiger partial charge in [0.25, 0.3) is 0 Å². The third-order valence-corrected chi connectivity index (χ3v) is 7.09. The summed E-state index contributed by atoms with van der Waals surface area (Å²) in [4.78, 5) is 52.9. The number of nitrogens with one attached hydrogen (secondary N) is 1. The van der Waals surface area contributed by atoms with E-state index in [0.717, 1.165) is 11.1 Å². The molecule has 0 bridgehead atoms. The Labute approximate surface area is 211 Å². The Morgan fingerprint density at radius 3 is 2.68 bits per heavy atom. The molecule has 4 aromatic rings. The zero-order chi connectivity index (χ0) is 25.9. The molecule has 3 aromatic heterocycles. The fourth-order valence-corrected chi connectivity index (χ4v) is 5.31. The van der Waals surface area contributed by atoms with Gasteiger partial charge in [-0.2, -0.15) is 0 Å². The highest BCUT2D eigenvalue weighted by Crippen LogP contribution is 2.43. The van der Waals surface area contributed by atoms with Crippen LogP contribution < -0.4 is 16.0 Å². The summed E-state index contributed by atoms with van der Waals surface area (Å²) in [7, 11) is 1.63. The van der Waals surface area contributed by atoms with E-state index in [4.69, 9.17) is 9.15 Å². The number of fused-ring (bicyclic) bond motifs is 3. The van der Waals surface area contributed by atoms with Crippen LogP contribution in [-0.4, -0.2) is 44.5 Å². The molecule has 0 atom stereocenters. The van der Waals surface area contributed by atoms with Crippen molar-refractivity contribution in [2.45, 2.75) is 32.3 Å². The zero-order valence-electron chi connectivity index (χ0n) is 20.6. The number of ether oxygens (including phenoxy) is 1. The number of amides is 1. The van der Waals surface area contributed by atoms with Crippen LogP contribution in [0, 0.1) is 13.8 Å². The van der Waals surface area contributed by atoms with Gasteiger partial charge in [-0.15, -0.1) is 0 Å². The number of aryl methyl sites for hydroxylation is 3. The number of hydrogen-bond donors (Lipinski definition) is 1. The summed E-state index contributed by atoms with van der Waals surface area (Å²) in [5.41, 5.74) is 2.51. The molecule has 2 aliphatic rings. The summed E-state index contributed by atoms with van der Waals surface area (Å²) in [6, 6.07) is 8.75. The number of aromatic nitrogens is 4. The third kappa shape index (κ3) is 3.74. The topological polar surface area (TPSA) is 132 Å². The first kappa shape index (κ1) is 22.9. The highest BCUT2D eigenvalue weighted by atomic mass is 16.6. The first-order valence-electron chi connectivity index (χ1n) is 12.0. The van der Waals surface area contributed by atoms with Crippen molar-refractivity contribution >= 4 is 34.6 Å². The average Bonchev–Trinajstić information content (AvgIpc) is 3.17. The smallest absolute Gasteiger partial charge is 0.419 e. The molecule has 5 heterocycles. The average molecular weight is 501 g/mol. The zero-order valence-corrected chi connectivity index (χ0v) is 20.6. The van der Waals surface area contributed by atoms with Crippen molar-refractivity contribution in [2.24, 2.45) is 7.05 Å². The van der Waals surface area contributed by atoms with Gasteiger partial charge < -0.3 is 14.1 Å². The summed E-state index contributed by atoms with van der Waals surface area (Å²) >= 11 is 0. The molecule has 1 aromatic carbocycles. The molecule has 0 aliphatic carbocycles. The lowest BCUT2D eigenvalue weighted by molar-refractivity contribution is -0.00854. The van der Waals surface area contributed by atoms with Gasteiger partial charge in [0.1, 0.15) is 28.8 Å². The molecule has 188 valence electrons. The van der Waals surface area contributed by atoms with Gasteiger partial charge in [-0.1, -0.05) is 0 Å². The first-order chi connectivity index (χ1) is 17.7. The van der Waals surface area contributed by atoms with E-state index in [2.05, 4.69) is 25.2 Å². The van der Waals surface area contributed by atoms with Gasteiger partial charge in [0, 0.05) is 56.4 Å². The Hall–Kier alpha value is -4.54. The van der Waals surface area contributed by atoms with E-state index < -0.39 is 17.5 Å². The second kappa shape index (κ2) is 8.26. The molecule has 11 heteroatoms. The molecule has 11 nitrogen and oxygen atoms in total. The predicted molar refractivity (Wildman–Crippen MR) is 134 cm³/mol. The number of piperidine rings is 1. The number of hydrogen-bond acceptors (Lipinski definition) is 9. The van der Waals surface area contributed by atoms with Crippen molar-refractivity contribution in [3.05, 3.63) is 75.3 Å². The number of carbonyl (C=O) groups excluding carboxylic acids is 2. The van der Waals surface area contributed by atoms with Crippen molar-refractivity contribution in [3.8, 4) is 0 Å². The molecule has 0 radical (unpaired) electrons. The molecule has 1 amide bonds. The fraction of sp³-hybridized carbons (Fsp3) is 0.308. The molecule has 37 heavy (non-hydrogen) atoms. The maximum atomic E-state index is 13.4. The van der Waals surface area contributed by atoms with Crippen molar-refractivity contribution in [1.29, 1.82) is 0 Å². The van der Waals surface area contributed by atoms with Gasteiger partial charge in [0.2, 0.25) is 5.78 Å². The predicted octanol–water partition coefficient (Wildman–Crippen LogP) is 3.22. The second-order valence-electron chi connectivity index (χ2n) is 9.45. The third-order valence-electron chi connectivity index (χ3n) is 7.09. The largest absolute Gasteiger partial charge is 0.437 e. The number of anilines is 2. The Morgan fingerprint density at radius 2 is 1.89 bits per heavy atom. The van der Waals surface area contributed by atoms with Gasteiger partial charge in [-0.05, 0) is 43.7 Å². The van der Waals surface area contributed by atoms with E-state index in [-0.39, 0.29) is 11.5 Å². The van der Waals surface area contributed by atoms with Gasteiger partial charge in [-0.3, -0.25) is 14.7 Å². The van der Waals surface area contributed by atoms with E-state index >= 15 is 0 Å². The monoisotopic (exact) mass is 500 g/mol. The van der Waals surface area contributed by atoms with Crippen LogP contribution in [0.3, 0.4) is 0 Å². The maximum Gasteiger partial charge on any atom is 0.419 e. The van der Waals surface area contributed by atoms with E-state index in [1.165, 1.54) is 4.57 Å². The Balaban J connectivity index is 1.28. The maximum absolute atomic E-state index is 13.4. The van der Waals surface area contributed by atoms with Crippen LogP contribution >= 0.6 is 0 Å². The quantitative estimate of drug-likeness (QED) is 0.421. The van der Waals surface area contributed by atoms with Crippen molar-refractivity contribution in [2.75, 3.05) is 23.3 Å². The van der Waals surface area contributed by atoms with Crippen LogP contribution in [0.1, 0.15) is 45.8 Å². The van der Waals surface area contributed by atoms with Gasteiger partial charge >= 0.3 is 11.8 Å². The number of benzene rings is 1. The van der Waals surface area contributed by atoms with Gasteiger partial charge in [0.05, 0.1) is 5.52 Å². The highest BCUT2D eigenvalue weighted by Gasteiger charge is 2.45. The van der Waals surface area contributed by atoms with E-state index in [1.807, 2.05) is 19.1 Å². The molecular formula is C26H24N6O5. The molecule has 2 aliphatic heterocycles. The number of rotatable bonds is 3. The lowest BCUT2D eigenvalue weighted by Gasteiger charge is -2.44. The van der Waals surface area contributed by atoms with E-state index in [0.29, 0.717) is 60.1 Å². The minimum Gasteiger partial charge on any atom is -0.437 e. The lowest BCUT2D eigenvalue weighted by atomic mass is 9.83. The molecule has 0 saturated carbocycles. The summed E-state index contributed by atoms with van der Waals surface area (Å²) in [5.74, 6) is 0.849. The molecule has 6 rings (SSSR count). The van der Waals surface area contributed by atoms with Crippen molar-refractivity contribution in [1.82, 2.24) is 19.5 Å². The van der Waals surface area contributed by atoms with E-state index in [1.54, 1.807) is 38.4 Å². The Morgan fingerprint density at radius 1 is 1.11 bits per heavy atom. The molecule has 0 unspecified atom stereocenters. The SMILES string of the molecule is Cc1nc(C(=O)c2cc(C)c3c(c2)oc(=O)n3C)cc(N2CCC3(CC2)OC(=O)Nc2ncccc23)n1. The second-order valence-corrected chi connectivity index (χ2v) is 9.45. The Kier molecular flexibility index (Phi) is 5.11. The summed E-state index contributed by atoms with van der Waals surface area (Å²) in [6.07, 6.45) is 2.23. The molecular weight excluding hydrogens is 476 g/mol. The molecule has 1 spiro atoms. The lowest BCUT2D eigenvalue weighted by Crippen LogP contribution is -2.48. The standard InChI is InChI=1S/C26H24N6O5/c1-14-11-16(12-19-21(14)31(3)25(35)36-19)22(33)18-13-20(29-15(2)28-18)32-9-6-26(7-10-32)17-5-4-8-27-23(17)30-24(34)37-26/h4-5,8,11-13H,6-7,9-10H2,1-3H3,(H,27,30,34). The minimum atomic E-state index is -0.754. The number of pyridine rings is 1. The first-order valence-corrected chi connectivity index (χ1v) is 12.0. The van der Waals surface area contributed by atoms with Gasteiger partial charge in [0.15, 0.2) is 5.58 Å². The Bertz CT molecular complexity index is 1650. The summed E-state index contributed by atoms with van der Waals surface area (Å²) in [6.45, 7) is 4.69. The summed E-state index contributed by atoms with van der Waals surface area (Å²) in [5, 5.41) is 2.67. The van der Waals surface area contributed by atoms with Crippen LogP contribution in [-0.2, 0) is 17.4 Å². The van der Waals surface area contributed by atoms with Crippen LogP contribution in [0.2, 0.25) is 0 Å². The summed E-state index contributed by atoms with van der Waals surface area (Å²) < 4.78 is 12.5. The van der Waals surface area contributed by atoms with Crippen LogP contribution in [0.5, 0.6) is 0 Å². The molecule has 1 N–H and O–H groups in total. The van der Waals surface area contributed by atoms with Crippen molar-refractivity contribution in [3.63, 3.8) is 0 Å². The molecule has 1 fully saturated rings. The minimum absolute atomic E-state index is 0.252.